The van der Waals surface area contributed by atoms with Crippen LogP contribution in [0.2, 0.25) is 0 Å². The summed E-state index contributed by atoms with van der Waals surface area (Å²) in [7, 11) is 0. The summed E-state index contributed by atoms with van der Waals surface area (Å²) >= 11 is 0. The molecule has 0 heterocycles. The largest absolute Gasteiger partial charge is 0.316 e. The monoisotopic (exact) mass is 189 g/mol. The van der Waals surface area contributed by atoms with Gasteiger partial charge >= 0.3 is 0 Å². The van der Waals surface area contributed by atoms with E-state index in [0.717, 1.165) is 5.92 Å². The maximum Gasteiger partial charge on any atom is -0.00205 e. The first-order chi connectivity index (χ1) is 5.43. The number of unbranched alkanes of at least 4 members (excludes halogenated alkanes) is 3. The van der Waals surface area contributed by atoms with Crippen LogP contribution in [0.5, 0.6) is 0 Å². The summed E-state index contributed by atoms with van der Waals surface area (Å²) in [6.45, 7) is 4.79. The molecule has 1 rings (SSSR count). The molecule has 1 fully saturated rings. The molecule has 74 valence electrons. The van der Waals surface area contributed by atoms with Gasteiger partial charge in [0.15, 0.2) is 0 Å². The molecule has 2 heteroatoms. The van der Waals surface area contributed by atoms with Gasteiger partial charge in [0.05, 0.1) is 0 Å². The van der Waals surface area contributed by atoms with Crippen molar-refractivity contribution in [2.24, 2.45) is 5.92 Å². The van der Waals surface area contributed by atoms with E-state index in [4.69, 9.17) is 0 Å². The van der Waals surface area contributed by atoms with Crippen LogP contribution in [0.1, 0.15) is 45.4 Å². The second-order valence-corrected chi connectivity index (χ2v) is 3.71. The smallest absolute Gasteiger partial charge is 0.00205 e. The van der Waals surface area contributed by atoms with Gasteiger partial charge in [0.1, 0.15) is 0 Å². The van der Waals surface area contributed by atoms with Crippen molar-refractivity contribution in [3.8, 4) is 0 Å². The summed E-state index contributed by atoms with van der Waals surface area (Å²) < 4.78 is 0. The molecule has 0 aromatic heterocycles. The van der Waals surface area contributed by atoms with Gasteiger partial charge in [-0.3, -0.25) is 0 Å². The van der Waals surface area contributed by atoms with Gasteiger partial charge in [-0.1, -0.05) is 26.2 Å². The lowest BCUT2D eigenvalue weighted by atomic mass is 10.2. The SMILES string of the molecule is CCCCCCNCC1CC1.S. The molecule has 0 amide bonds. The molecule has 1 nitrogen and oxygen atoms in total. The normalized spacial score (nSPS) is 15.8. The maximum atomic E-state index is 3.51. The van der Waals surface area contributed by atoms with E-state index in [0.29, 0.717) is 0 Å². The van der Waals surface area contributed by atoms with Gasteiger partial charge in [0.25, 0.3) is 0 Å². The Hall–Kier alpha value is 0.310. The van der Waals surface area contributed by atoms with Gasteiger partial charge in [-0.15, -0.1) is 0 Å². The highest BCUT2D eigenvalue weighted by Crippen LogP contribution is 2.27. The average Bonchev–Trinajstić information content (AvgIpc) is 2.80. The first-order valence-electron chi connectivity index (χ1n) is 5.14. The lowest BCUT2D eigenvalue weighted by Gasteiger charge is -2.01. The molecule has 1 N–H and O–H groups in total. The molecule has 0 saturated heterocycles. The van der Waals surface area contributed by atoms with Gasteiger partial charge < -0.3 is 5.32 Å². The summed E-state index contributed by atoms with van der Waals surface area (Å²) in [4.78, 5) is 0. The summed E-state index contributed by atoms with van der Waals surface area (Å²) in [5, 5.41) is 3.51. The Morgan fingerprint density at radius 1 is 1.17 bits per heavy atom. The summed E-state index contributed by atoms with van der Waals surface area (Å²) in [6, 6.07) is 0. The van der Waals surface area contributed by atoms with Gasteiger partial charge in [0.2, 0.25) is 0 Å². The van der Waals surface area contributed by atoms with Gasteiger partial charge in [0, 0.05) is 0 Å². The molecule has 0 radical (unpaired) electrons. The minimum Gasteiger partial charge on any atom is -0.316 e. The third-order valence-electron chi connectivity index (χ3n) is 2.34. The van der Waals surface area contributed by atoms with Crippen molar-refractivity contribution in [2.45, 2.75) is 45.4 Å². The van der Waals surface area contributed by atoms with E-state index in [2.05, 4.69) is 12.2 Å². The number of hydrogen-bond donors (Lipinski definition) is 1. The Morgan fingerprint density at radius 2 is 1.92 bits per heavy atom. The molecular weight excluding hydrogens is 166 g/mol. The van der Waals surface area contributed by atoms with Crippen LogP contribution in [-0.2, 0) is 0 Å². The van der Waals surface area contributed by atoms with Gasteiger partial charge in [-0.25, -0.2) is 0 Å². The summed E-state index contributed by atoms with van der Waals surface area (Å²) in [6.07, 6.45) is 8.49. The molecule has 0 aromatic rings. The van der Waals surface area contributed by atoms with Crippen LogP contribution in [0.15, 0.2) is 0 Å². The first kappa shape index (κ1) is 12.3. The van der Waals surface area contributed by atoms with Crippen molar-refractivity contribution in [1.82, 2.24) is 5.32 Å². The highest BCUT2D eigenvalue weighted by Gasteiger charge is 2.19. The van der Waals surface area contributed by atoms with Crippen LogP contribution < -0.4 is 5.32 Å². The highest BCUT2D eigenvalue weighted by atomic mass is 32.1. The van der Waals surface area contributed by atoms with Crippen LogP contribution in [0.3, 0.4) is 0 Å². The van der Waals surface area contributed by atoms with E-state index >= 15 is 0 Å². The lowest BCUT2D eigenvalue weighted by Crippen LogP contribution is -2.17. The van der Waals surface area contributed by atoms with Crippen molar-refractivity contribution in [3.05, 3.63) is 0 Å². The minimum absolute atomic E-state index is 0. The van der Waals surface area contributed by atoms with E-state index in [1.165, 1.54) is 51.6 Å². The molecular formula is C10H23NS. The summed E-state index contributed by atoms with van der Waals surface area (Å²) in [5.41, 5.74) is 0. The Balaban J connectivity index is 0.00000121. The Morgan fingerprint density at radius 3 is 2.50 bits per heavy atom. The van der Waals surface area contributed by atoms with Crippen molar-refractivity contribution in [3.63, 3.8) is 0 Å². The number of nitrogens with one attached hydrogen (secondary N) is 1. The second-order valence-electron chi connectivity index (χ2n) is 3.71. The van der Waals surface area contributed by atoms with Crippen molar-refractivity contribution < 1.29 is 0 Å². The molecule has 1 aliphatic rings. The second kappa shape index (κ2) is 7.93. The minimum atomic E-state index is 0. The van der Waals surface area contributed by atoms with Crippen LogP contribution in [0, 0.1) is 5.92 Å². The third kappa shape index (κ3) is 6.99. The fourth-order valence-corrected chi connectivity index (χ4v) is 1.30. The van der Waals surface area contributed by atoms with Crippen LogP contribution in [-0.4, -0.2) is 13.1 Å². The molecule has 0 spiro atoms. The lowest BCUT2D eigenvalue weighted by molar-refractivity contribution is 0.579. The maximum absolute atomic E-state index is 3.51. The van der Waals surface area contributed by atoms with E-state index in [1.807, 2.05) is 0 Å². The predicted molar refractivity (Wildman–Crippen MR) is 60.1 cm³/mol. The molecule has 0 atom stereocenters. The zero-order chi connectivity index (χ0) is 7.94. The molecule has 12 heavy (non-hydrogen) atoms. The van der Waals surface area contributed by atoms with Crippen molar-refractivity contribution in [2.75, 3.05) is 13.1 Å². The van der Waals surface area contributed by atoms with Gasteiger partial charge in [-0.05, 0) is 38.3 Å². The Kier molecular flexibility index (Phi) is 8.14. The van der Waals surface area contributed by atoms with Crippen LogP contribution >= 0.6 is 13.5 Å². The fourth-order valence-electron chi connectivity index (χ4n) is 1.30. The third-order valence-corrected chi connectivity index (χ3v) is 2.34. The number of rotatable bonds is 7. The first-order valence-corrected chi connectivity index (χ1v) is 5.14. The Bertz CT molecular complexity index is 91.8. The molecule has 1 aliphatic carbocycles. The molecule has 1 saturated carbocycles. The highest BCUT2D eigenvalue weighted by molar-refractivity contribution is 7.59. The zero-order valence-electron chi connectivity index (χ0n) is 8.23. The molecule has 0 unspecified atom stereocenters. The van der Waals surface area contributed by atoms with E-state index in [-0.39, 0.29) is 13.5 Å². The molecule has 0 aromatic carbocycles. The number of hydrogen-bond acceptors (Lipinski definition) is 1. The van der Waals surface area contributed by atoms with Crippen LogP contribution in [0.25, 0.3) is 0 Å². The summed E-state index contributed by atoms with van der Waals surface area (Å²) in [5.74, 6) is 1.04. The van der Waals surface area contributed by atoms with Gasteiger partial charge in [-0.2, -0.15) is 13.5 Å². The Labute approximate surface area is 83.8 Å². The van der Waals surface area contributed by atoms with Crippen molar-refractivity contribution in [1.29, 1.82) is 0 Å². The van der Waals surface area contributed by atoms with E-state index in [9.17, 15) is 0 Å². The fraction of sp³-hybridized carbons (Fsp3) is 1.00. The average molecular weight is 189 g/mol. The zero-order valence-corrected chi connectivity index (χ0v) is 9.23. The van der Waals surface area contributed by atoms with E-state index in [1.54, 1.807) is 0 Å². The topological polar surface area (TPSA) is 12.0 Å². The quantitative estimate of drug-likeness (QED) is 0.607. The molecule has 0 aliphatic heterocycles. The molecule has 0 bridgehead atoms. The van der Waals surface area contributed by atoms with Crippen LogP contribution in [0.4, 0.5) is 0 Å². The standard InChI is InChI=1S/C10H21N.H2S/c1-2-3-4-5-8-11-9-10-6-7-10;/h10-11H,2-9H2,1H3;1H2. The van der Waals surface area contributed by atoms with E-state index < -0.39 is 0 Å². The predicted octanol–water partition coefficient (Wildman–Crippen LogP) is 2.68. The van der Waals surface area contributed by atoms with Crippen molar-refractivity contribution >= 4 is 13.5 Å².